The van der Waals surface area contributed by atoms with Crippen molar-refractivity contribution in [2.45, 2.75) is 38.6 Å². The molecule has 8 heteroatoms. The molecule has 0 radical (unpaired) electrons. The third-order valence-corrected chi connectivity index (χ3v) is 4.87. The van der Waals surface area contributed by atoms with Crippen LogP contribution in [0.1, 0.15) is 36.0 Å². The van der Waals surface area contributed by atoms with Crippen molar-refractivity contribution >= 4 is 0 Å². The summed E-state index contributed by atoms with van der Waals surface area (Å²) in [5, 5.41) is 17.6. The van der Waals surface area contributed by atoms with E-state index in [1.54, 1.807) is 11.0 Å². The molecule has 1 aliphatic carbocycles. The molecular weight excluding hydrogens is 352 g/mol. The number of nitrogens with zero attached hydrogens (tertiary/aromatic N) is 8. The van der Waals surface area contributed by atoms with Crippen LogP contribution in [-0.2, 0) is 13.0 Å². The average molecular weight is 372 g/mol. The van der Waals surface area contributed by atoms with Crippen LogP contribution in [0.5, 0.6) is 0 Å². The minimum Gasteiger partial charge on any atom is -0.264 e. The predicted octanol–water partition coefficient (Wildman–Crippen LogP) is 2.74. The molecule has 0 atom stereocenters. The number of tetrazole rings is 1. The Hall–Kier alpha value is -3.42. The van der Waals surface area contributed by atoms with E-state index in [1.165, 1.54) is 12.8 Å². The number of hydrogen-bond donors (Lipinski definition) is 0. The Morgan fingerprint density at radius 2 is 1.93 bits per heavy atom. The Morgan fingerprint density at radius 3 is 2.71 bits per heavy atom. The SMILES string of the molecule is Cc1cnccc1-n1nc(C2CC2)nc1CCn1nnc(-c2ccccc2)n1. The standard InChI is InChI=1S/C20H20N8/c1-14-13-21-11-9-17(14)28-18(22-19(25-28)16-7-8-16)10-12-27-24-20(23-26-27)15-5-3-2-4-6-15/h2-6,9,11,13,16H,7-8,10,12H2,1H3. The van der Waals surface area contributed by atoms with Gasteiger partial charge in [-0.25, -0.2) is 9.67 Å². The number of benzene rings is 1. The van der Waals surface area contributed by atoms with Gasteiger partial charge in [0.1, 0.15) is 5.82 Å². The molecule has 0 unspecified atom stereocenters. The van der Waals surface area contributed by atoms with Crippen molar-refractivity contribution in [1.29, 1.82) is 0 Å². The van der Waals surface area contributed by atoms with E-state index in [1.807, 2.05) is 54.2 Å². The van der Waals surface area contributed by atoms with Gasteiger partial charge >= 0.3 is 0 Å². The van der Waals surface area contributed by atoms with Gasteiger partial charge in [0.05, 0.1) is 12.2 Å². The maximum Gasteiger partial charge on any atom is 0.204 e. The van der Waals surface area contributed by atoms with Gasteiger partial charge in [0.15, 0.2) is 5.82 Å². The quantitative estimate of drug-likeness (QED) is 0.517. The number of rotatable bonds is 6. The highest BCUT2D eigenvalue weighted by atomic mass is 15.6. The largest absolute Gasteiger partial charge is 0.264 e. The third-order valence-electron chi connectivity index (χ3n) is 4.87. The molecule has 3 aromatic heterocycles. The highest BCUT2D eigenvalue weighted by molar-refractivity contribution is 5.52. The summed E-state index contributed by atoms with van der Waals surface area (Å²) in [5.41, 5.74) is 3.04. The number of aromatic nitrogens is 8. The van der Waals surface area contributed by atoms with Crippen molar-refractivity contribution < 1.29 is 0 Å². The zero-order valence-corrected chi connectivity index (χ0v) is 15.6. The second-order valence-corrected chi connectivity index (χ2v) is 7.06. The molecule has 1 aromatic carbocycles. The molecule has 0 spiro atoms. The molecule has 8 nitrogen and oxygen atoms in total. The van der Waals surface area contributed by atoms with Crippen LogP contribution in [0.3, 0.4) is 0 Å². The first-order chi connectivity index (χ1) is 13.8. The Labute approximate surface area is 162 Å². The van der Waals surface area contributed by atoms with Gasteiger partial charge < -0.3 is 0 Å². The van der Waals surface area contributed by atoms with Crippen LogP contribution in [0.2, 0.25) is 0 Å². The lowest BCUT2D eigenvalue weighted by Gasteiger charge is -2.08. The molecule has 28 heavy (non-hydrogen) atoms. The van der Waals surface area contributed by atoms with Gasteiger partial charge in [-0.3, -0.25) is 4.98 Å². The van der Waals surface area contributed by atoms with E-state index in [2.05, 4.69) is 20.4 Å². The Morgan fingerprint density at radius 1 is 1.07 bits per heavy atom. The van der Waals surface area contributed by atoms with E-state index in [0.717, 1.165) is 28.5 Å². The van der Waals surface area contributed by atoms with Crippen molar-refractivity contribution in [3.8, 4) is 17.1 Å². The minimum atomic E-state index is 0.497. The lowest BCUT2D eigenvalue weighted by Crippen LogP contribution is -2.11. The molecule has 3 heterocycles. The minimum absolute atomic E-state index is 0.497. The topological polar surface area (TPSA) is 87.2 Å². The fourth-order valence-corrected chi connectivity index (χ4v) is 3.18. The predicted molar refractivity (Wildman–Crippen MR) is 103 cm³/mol. The first kappa shape index (κ1) is 16.7. The molecule has 5 rings (SSSR count). The van der Waals surface area contributed by atoms with Gasteiger partial charge in [-0.15, -0.1) is 10.2 Å². The van der Waals surface area contributed by atoms with Crippen LogP contribution in [0, 0.1) is 6.92 Å². The molecular formula is C20H20N8. The summed E-state index contributed by atoms with van der Waals surface area (Å²) in [5.74, 6) is 2.97. The zero-order chi connectivity index (χ0) is 18.9. The van der Waals surface area contributed by atoms with Crippen LogP contribution in [0.25, 0.3) is 17.1 Å². The second kappa shape index (κ2) is 6.95. The first-order valence-corrected chi connectivity index (χ1v) is 9.48. The molecule has 0 saturated heterocycles. The Bertz CT molecular complexity index is 1090. The van der Waals surface area contributed by atoms with Crippen molar-refractivity contribution in [2.75, 3.05) is 0 Å². The van der Waals surface area contributed by atoms with Gasteiger partial charge in [0.25, 0.3) is 0 Å². The van der Waals surface area contributed by atoms with Gasteiger partial charge in [-0.2, -0.15) is 9.90 Å². The summed E-state index contributed by atoms with van der Waals surface area (Å²) < 4.78 is 1.94. The van der Waals surface area contributed by atoms with E-state index < -0.39 is 0 Å². The molecule has 0 bridgehead atoms. The van der Waals surface area contributed by atoms with Crippen molar-refractivity contribution in [3.63, 3.8) is 0 Å². The summed E-state index contributed by atoms with van der Waals surface area (Å²) in [7, 11) is 0. The highest BCUT2D eigenvalue weighted by Crippen LogP contribution is 2.38. The summed E-state index contributed by atoms with van der Waals surface area (Å²) in [6.07, 6.45) is 6.65. The second-order valence-electron chi connectivity index (χ2n) is 7.06. The third kappa shape index (κ3) is 3.28. The number of aryl methyl sites for hydroxylation is 3. The summed E-state index contributed by atoms with van der Waals surface area (Å²) in [4.78, 5) is 10.6. The van der Waals surface area contributed by atoms with Gasteiger partial charge in [0, 0.05) is 30.3 Å². The highest BCUT2D eigenvalue weighted by Gasteiger charge is 2.29. The molecule has 0 aliphatic heterocycles. The van der Waals surface area contributed by atoms with Gasteiger partial charge in [-0.1, -0.05) is 30.3 Å². The molecule has 1 aliphatic rings. The smallest absolute Gasteiger partial charge is 0.204 e. The maximum atomic E-state index is 4.81. The Balaban J connectivity index is 1.40. The molecule has 140 valence electrons. The van der Waals surface area contributed by atoms with Crippen molar-refractivity contribution in [1.82, 2.24) is 40.0 Å². The van der Waals surface area contributed by atoms with Crippen LogP contribution >= 0.6 is 0 Å². The van der Waals surface area contributed by atoms with E-state index in [-0.39, 0.29) is 0 Å². The Kier molecular flexibility index (Phi) is 4.16. The number of hydrogen-bond acceptors (Lipinski definition) is 6. The maximum absolute atomic E-state index is 4.81. The molecule has 1 saturated carbocycles. The van der Waals surface area contributed by atoms with E-state index in [9.17, 15) is 0 Å². The fraction of sp³-hybridized carbons (Fsp3) is 0.300. The van der Waals surface area contributed by atoms with Crippen LogP contribution < -0.4 is 0 Å². The molecule has 0 amide bonds. The number of pyridine rings is 1. The van der Waals surface area contributed by atoms with E-state index in [0.29, 0.717) is 24.7 Å². The van der Waals surface area contributed by atoms with E-state index >= 15 is 0 Å². The first-order valence-electron chi connectivity index (χ1n) is 9.48. The molecule has 1 fully saturated rings. The van der Waals surface area contributed by atoms with E-state index in [4.69, 9.17) is 10.1 Å². The lowest BCUT2D eigenvalue weighted by molar-refractivity contribution is 0.510. The lowest BCUT2D eigenvalue weighted by atomic mass is 10.2. The summed E-state index contributed by atoms with van der Waals surface area (Å²) in [6.45, 7) is 2.63. The van der Waals surface area contributed by atoms with Crippen LogP contribution in [0.15, 0.2) is 48.8 Å². The van der Waals surface area contributed by atoms with Crippen molar-refractivity contribution in [2.24, 2.45) is 0 Å². The normalized spacial score (nSPS) is 13.8. The van der Waals surface area contributed by atoms with Gasteiger partial charge in [-0.05, 0) is 36.6 Å². The van der Waals surface area contributed by atoms with Crippen LogP contribution in [-0.4, -0.2) is 40.0 Å². The zero-order valence-electron chi connectivity index (χ0n) is 15.6. The average Bonchev–Trinajstić information content (AvgIpc) is 3.32. The fourth-order valence-electron chi connectivity index (χ4n) is 3.18. The molecule has 0 N–H and O–H groups in total. The van der Waals surface area contributed by atoms with Crippen LogP contribution in [0.4, 0.5) is 0 Å². The van der Waals surface area contributed by atoms with Crippen molar-refractivity contribution in [3.05, 3.63) is 66.0 Å². The van der Waals surface area contributed by atoms with Gasteiger partial charge in [0.2, 0.25) is 5.82 Å². The summed E-state index contributed by atoms with van der Waals surface area (Å²) >= 11 is 0. The summed E-state index contributed by atoms with van der Waals surface area (Å²) in [6, 6.07) is 11.8. The molecule has 4 aromatic rings. The monoisotopic (exact) mass is 372 g/mol.